The van der Waals surface area contributed by atoms with E-state index in [0.29, 0.717) is 12.6 Å². The predicted molar refractivity (Wildman–Crippen MR) is 84.9 cm³/mol. The first-order chi connectivity index (χ1) is 8.38. The van der Waals surface area contributed by atoms with Gasteiger partial charge in [-0.1, -0.05) is 18.2 Å². The Bertz CT molecular complexity index is 366. The van der Waals surface area contributed by atoms with Gasteiger partial charge in [-0.2, -0.15) is 0 Å². The Morgan fingerprint density at radius 3 is 2.67 bits per heavy atom. The van der Waals surface area contributed by atoms with Gasteiger partial charge in [0.25, 0.3) is 0 Å². The Morgan fingerprint density at radius 1 is 1.33 bits per heavy atom. The van der Waals surface area contributed by atoms with Crippen molar-refractivity contribution in [3.05, 3.63) is 30.3 Å². The maximum Gasteiger partial charge on any atom is 0.191 e. The van der Waals surface area contributed by atoms with Gasteiger partial charge >= 0.3 is 0 Å². The number of benzene rings is 1. The monoisotopic (exact) mass is 361 g/mol. The summed E-state index contributed by atoms with van der Waals surface area (Å²) in [5.41, 5.74) is 0. The molecule has 0 aromatic heterocycles. The van der Waals surface area contributed by atoms with Gasteiger partial charge in [0.05, 0.1) is 6.54 Å². The van der Waals surface area contributed by atoms with Crippen LogP contribution in [0.5, 0.6) is 5.75 Å². The van der Waals surface area contributed by atoms with Crippen molar-refractivity contribution in [1.29, 1.82) is 0 Å². The number of rotatable bonds is 5. The number of nitrogens with zero attached hydrogens (tertiary/aromatic N) is 1. The van der Waals surface area contributed by atoms with E-state index in [1.54, 1.807) is 7.05 Å². The zero-order valence-electron chi connectivity index (χ0n) is 10.6. The summed E-state index contributed by atoms with van der Waals surface area (Å²) in [5, 5.41) is 6.55. The van der Waals surface area contributed by atoms with Gasteiger partial charge in [0.1, 0.15) is 12.4 Å². The fourth-order valence-corrected chi connectivity index (χ4v) is 1.47. The Labute approximate surface area is 125 Å². The van der Waals surface area contributed by atoms with E-state index in [2.05, 4.69) is 15.6 Å². The molecule has 1 aromatic carbocycles. The molecule has 4 nitrogen and oxygen atoms in total. The number of hydrogen-bond acceptors (Lipinski definition) is 2. The molecule has 0 spiro atoms. The molecule has 0 radical (unpaired) electrons. The maximum atomic E-state index is 5.58. The van der Waals surface area contributed by atoms with Crippen molar-refractivity contribution in [3.63, 3.8) is 0 Å². The second-order valence-electron chi connectivity index (χ2n) is 4.08. The van der Waals surface area contributed by atoms with Gasteiger partial charge in [0.15, 0.2) is 5.96 Å². The van der Waals surface area contributed by atoms with Gasteiger partial charge in [-0.25, -0.2) is 0 Å². The van der Waals surface area contributed by atoms with Gasteiger partial charge < -0.3 is 15.4 Å². The summed E-state index contributed by atoms with van der Waals surface area (Å²) in [6.07, 6.45) is 2.50. The van der Waals surface area contributed by atoms with Gasteiger partial charge in [-0.3, -0.25) is 4.99 Å². The highest BCUT2D eigenvalue weighted by atomic mass is 127. The summed E-state index contributed by atoms with van der Waals surface area (Å²) in [7, 11) is 1.79. The fraction of sp³-hybridized carbons (Fsp3) is 0.462. The van der Waals surface area contributed by atoms with E-state index in [-0.39, 0.29) is 24.0 Å². The minimum absolute atomic E-state index is 0. The van der Waals surface area contributed by atoms with Gasteiger partial charge in [0, 0.05) is 13.1 Å². The number of ether oxygens (including phenoxy) is 1. The van der Waals surface area contributed by atoms with Crippen molar-refractivity contribution in [2.45, 2.75) is 18.9 Å². The van der Waals surface area contributed by atoms with Crippen molar-refractivity contribution >= 4 is 29.9 Å². The minimum atomic E-state index is 0. The van der Waals surface area contributed by atoms with E-state index in [4.69, 9.17) is 4.74 Å². The smallest absolute Gasteiger partial charge is 0.191 e. The van der Waals surface area contributed by atoms with Crippen LogP contribution in [-0.2, 0) is 0 Å². The van der Waals surface area contributed by atoms with Crippen LogP contribution in [0.3, 0.4) is 0 Å². The Balaban J connectivity index is 0.00000162. The lowest BCUT2D eigenvalue weighted by atomic mass is 10.3. The lowest BCUT2D eigenvalue weighted by Gasteiger charge is -2.11. The molecule has 2 N–H and O–H groups in total. The van der Waals surface area contributed by atoms with Crippen molar-refractivity contribution in [1.82, 2.24) is 10.6 Å². The molecule has 5 heteroatoms. The van der Waals surface area contributed by atoms with Gasteiger partial charge in [-0.15, -0.1) is 24.0 Å². The van der Waals surface area contributed by atoms with E-state index in [9.17, 15) is 0 Å². The SMILES string of the molecule is CN=C(NCCOc1ccccc1)NC1CC1.I. The topological polar surface area (TPSA) is 45.7 Å². The van der Waals surface area contributed by atoms with Crippen LogP contribution in [0, 0.1) is 0 Å². The Hall–Kier alpha value is -0.980. The molecule has 0 bridgehead atoms. The third-order valence-electron chi connectivity index (χ3n) is 2.55. The van der Waals surface area contributed by atoms with Crippen LogP contribution >= 0.6 is 24.0 Å². The zero-order chi connectivity index (χ0) is 11.9. The maximum absolute atomic E-state index is 5.58. The number of nitrogens with one attached hydrogen (secondary N) is 2. The van der Waals surface area contributed by atoms with E-state index in [1.807, 2.05) is 30.3 Å². The quantitative estimate of drug-likeness (QED) is 0.365. The second-order valence-corrected chi connectivity index (χ2v) is 4.08. The molecule has 1 aliphatic carbocycles. The third kappa shape index (κ3) is 5.57. The average Bonchev–Trinajstić information content (AvgIpc) is 3.18. The van der Waals surface area contributed by atoms with Crippen molar-refractivity contribution in [2.24, 2.45) is 4.99 Å². The highest BCUT2D eigenvalue weighted by Gasteiger charge is 2.21. The molecule has 2 rings (SSSR count). The molecule has 0 saturated heterocycles. The first-order valence-corrected chi connectivity index (χ1v) is 6.03. The number of guanidine groups is 1. The first kappa shape index (κ1) is 15.1. The third-order valence-corrected chi connectivity index (χ3v) is 2.55. The average molecular weight is 361 g/mol. The highest BCUT2D eigenvalue weighted by molar-refractivity contribution is 14.0. The summed E-state index contributed by atoms with van der Waals surface area (Å²) in [5.74, 6) is 1.77. The zero-order valence-corrected chi connectivity index (χ0v) is 12.9. The van der Waals surface area contributed by atoms with Crippen LogP contribution in [0.25, 0.3) is 0 Å². The molecule has 1 fully saturated rings. The van der Waals surface area contributed by atoms with E-state index >= 15 is 0 Å². The molecule has 100 valence electrons. The molecule has 18 heavy (non-hydrogen) atoms. The predicted octanol–water partition coefficient (Wildman–Crippen LogP) is 2.01. The van der Waals surface area contributed by atoms with Gasteiger partial charge in [0.2, 0.25) is 0 Å². The van der Waals surface area contributed by atoms with Crippen LogP contribution < -0.4 is 15.4 Å². The molecular formula is C13H20IN3O. The van der Waals surface area contributed by atoms with Crippen LogP contribution in [-0.4, -0.2) is 32.2 Å². The second kappa shape index (κ2) is 8.18. The van der Waals surface area contributed by atoms with Crippen LogP contribution in [0.4, 0.5) is 0 Å². The first-order valence-electron chi connectivity index (χ1n) is 6.03. The lowest BCUT2D eigenvalue weighted by Crippen LogP contribution is -2.40. The van der Waals surface area contributed by atoms with Crippen molar-refractivity contribution in [3.8, 4) is 5.75 Å². The molecule has 1 aliphatic rings. The molecule has 0 heterocycles. The van der Waals surface area contributed by atoms with E-state index in [0.717, 1.165) is 18.3 Å². The van der Waals surface area contributed by atoms with Crippen LogP contribution in [0.2, 0.25) is 0 Å². The molecule has 0 aliphatic heterocycles. The lowest BCUT2D eigenvalue weighted by molar-refractivity contribution is 0.322. The minimum Gasteiger partial charge on any atom is -0.492 e. The summed E-state index contributed by atoms with van der Waals surface area (Å²) < 4.78 is 5.58. The standard InChI is InChI=1S/C13H19N3O.HI/c1-14-13(16-11-7-8-11)15-9-10-17-12-5-3-2-4-6-12;/h2-6,11H,7-10H2,1H3,(H2,14,15,16);1H. The summed E-state index contributed by atoms with van der Waals surface area (Å²) >= 11 is 0. The van der Waals surface area contributed by atoms with Gasteiger partial charge in [-0.05, 0) is 25.0 Å². The van der Waals surface area contributed by atoms with E-state index < -0.39 is 0 Å². The highest BCUT2D eigenvalue weighted by Crippen LogP contribution is 2.18. The Kier molecular flexibility index (Phi) is 6.85. The van der Waals surface area contributed by atoms with Crippen LogP contribution in [0.15, 0.2) is 35.3 Å². The molecule has 0 atom stereocenters. The molecule has 1 aromatic rings. The van der Waals surface area contributed by atoms with Crippen LogP contribution in [0.1, 0.15) is 12.8 Å². The number of aliphatic imine (C=N–C) groups is 1. The Morgan fingerprint density at radius 2 is 2.06 bits per heavy atom. The largest absolute Gasteiger partial charge is 0.492 e. The van der Waals surface area contributed by atoms with E-state index in [1.165, 1.54) is 12.8 Å². The molecule has 1 saturated carbocycles. The molecular weight excluding hydrogens is 341 g/mol. The number of halogens is 1. The fourth-order valence-electron chi connectivity index (χ4n) is 1.47. The molecule has 0 amide bonds. The number of para-hydroxylation sites is 1. The van der Waals surface area contributed by atoms with Crippen molar-refractivity contribution in [2.75, 3.05) is 20.2 Å². The normalized spacial score (nSPS) is 14.6. The molecule has 0 unspecified atom stereocenters. The summed E-state index contributed by atoms with van der Waals surface area (Å²) in [6.45, 7) is 1.39. The summed E-state index contributed by atoms with van der Waals surface area (Å²) in [6, 6.07) is 10.4. The summed E-state index contributed by atoms with van der Waals surface area (Å²) in [4.78, 5) is 4.15. The van der Waals surface area contributed by atoms with Crippen molar-refractivity contribution < 1.29 is 4.74 Å². The number of hydrogen-bond donors (Lipinski definition) is 2.